The summed E-state index contributed by atoms with van der Waals surface area (Å²) in [6, 6.07) is 5.69. The van der Waals surface area contributed by atoms with Crippen molar-refractivity contribution in [2.45, 2.75) is 50.8 Å². The minimum absolute atomic E-state index is 0.0121. The summed E-state index contributed by atoms with van der Waals surface area (Å²) >= 11 is 0. The molecule has 0 saturated heterocycles. The molecular formula is C27H34N6O9S. The molecule has 0 aromatic heterocycles. The number of nitrogens with one attached hydrogen (secondary N) is 4. The average Bonchev–Trinajstić information content (AvgIpc) is 2.92. The number of hydrogen-bond donors (Lipinski definition) is 7. The van der Waals surface area contributed by atoms with Gasteiger partial charge in [0.25, 0.3) is 5.91 Å². The van der Waals surface area contributed by atoms with Crippen molar-refractivity contribution in [3.8, 4) is 5.75 Å². The fraction of sp³-hybridized carbons (Fsp3) is 0.370. The molecule has 1 heterocycles. The first-order chi connectivity index (χ1) is 20.3. The van der Waals surface area contributed by atoms with Crippen LogP contribution in [0.5, 0.6) is 5.75 Å². The molecule has 0 spiro atoms. The normalized spacial score (nSPS) is 17.6. The third-order valence-electron chi connectivity index (χ3n) is 6.41. The van der Waals surface area contributed by atoms with Crippen LogP contribution in [0.4, 0.5) is 11.4 Å². The van der Waals surface area contributed by atoms with Crippen LogP contribution < -0.4 is 36.9 Å². The van der Waals surface area contributed by atoms with Crippen molar-refractivity contribution in [1.29, 1.82) is 0 Å². The Balaban J connectivity index is 2.12. The first kappa shape index (κ1) is 32.8. The quantitative estimate of drug-likeness (QED) is 0.179. The van der Waals surface area contributed by atoms with Crippen LogP contribution in [0.2, 0.25) is 0 Å². The molecule has 2 aromatic rings. The molecule has 1 aliphatic heterocycles. The van der Waals surface area contributed by atoms with Crippen LogP contribution in [-0.4, -0.2) is 68.0 Å². The second-order valence-corrected chi connectivity index (χ2v) is 11.7. The molecule has 1 aliphatic rings. The zero-order chi connectivity index (χ0) is 31.7. The van der Waals surface area contributed by atoms with Crippen molar-refractivity contribution in [2.75, 3.05) is 22.8 Å². The number of rotatable bonds is 10. The Morgan fingerprint density at radius 3 is 2.40 bits per heavy atom. The Kier molecular flexibility index (Phi) is 11.0. The van der Waals surface area contributed by atoms with Crippen LogP contribution in [0.15, 0.2) is 36.4 Å². The highest BCUT2D eigenvalue weighted by Crippen LogP contribution is 2.27. The number of amides is 4. The third-order valence-corrected chi connectivity index (χ3v) is 7.02. The molecule has 2 atom stereocenters. The summed E-state index contributed by atoms with van der Waals surface area (Å²) in [6.45, 7) is 0.137. The Bertz CT molecular complexity index is 1510. The number of carbonyl (C=O) groups is 5. The second kappa shape index (κ2) is 14.5. The first-order valence-electron chi connectivity index (χ1n) is 13.3. The van der Waals surface area contributed by atoms with E-state index < -0.39 is 58.1 Å². The summed E-state index contributed by atoms with van der Waals surface area (Å²) < 4.78 is 31.8. The predicted molar refractivity (Wildman–Crippen MR) is 156 cm³/mol. The summed E-state index contributed by atoms with van der Waals surface area (Å²) in [7, 11) is -3.72. The number of fused-ring (bicyclic) bond motifs is 2. The third kappa shape index (κ3) is 9.68. The van der Waals surface area contributed by atoms with Crippen LogP contribution in [-0.2, 0) is 31.0 Å². The first-order valence-corrected chi connectivity index (χ1v) is 15.2. The number of carbonyl (C=O) groups excluding carboxylic acids is 4. The van der Waals surface area contributed by atoms with Crippen LogP contribution >= 0.6 is 0 Å². The molecule has 0 unspecified atom stereocenters. The van der Waals surface area contributed by atoms with Gasteiger partial charge in [-0.15, -0.1) is 0 Å². The van der Waals surface area contributed by atoms with E-state index in [1.54, 1.807) is 0 Å². The van der Waals surface area contributed by atoms with E-state index in [1.807, 2.05) is 0 Å². The summed E-state index contributed by atoms with van der Waals surface area (Å²) in [5, 5.41) is 17.0. The SMILES string of the molecule is CS(=O)(=O)Nc1ccc2c(c1)C(=O)N[C@@H](CCC(=O)O)C(=O)N[C@@H](CCCCN)C(=O)Nc1cc(C(N)=O)ccc1CO2. The maximum Gasteiger partial charge on any atom is 0.303 e. The zero-order valence-electron chi connectivity index (χ0n) is 23.3. The number of primary amides is 1. The van der Waals surface area contributed by atoms with Gasteiger partial charge in [-0.05, 0) is 62.6 Å². The van der Waals surface area contributed by atoms with Gasteiger partial charge in [0, 0.05) is 28.9 Å². The Hall–Kier alpha value is -4.70. The van der Waals surface area contributed by atoms with Crippen LogP contribution in [0, 0.1) is 0 Å². The lowest BCUT2D eigenvalue weighted by molar-refractivity contribution is -0.137. The molecule has 0 bridgehead atoms. The Labute approximate surface area is 247 Å². The van der Waals surface area contributed by atoms with Gasteiger partial charge in [0.05, 0.1) is 11.8 Å². The summed E-state index contributed by atoms with van der Waals surface area (Å²) in [5.41, 5.74) is 11.6. The smallest absolute Gasteiger partial charge is 0.303 e. The fourth-order valence-electron chi connectivity index (χ4n) is 4.26. The number of carboxylic acid groups (broad SMARTS) is 1. The molecule has 15 nitrogen and oxygen atoms in total. The van der Waals surface area contributed by atoms with Gasteiger partial charge in [-0.25, -0.2) is 8.42 Å². The topological polar surface area (TPSA) is 249 Å². The van der Waals surface area contributed by atoms with Gasteiger partial charge in [-0.1, -0.05) is 6.07 Å². The molecule has 0 aliphatic carbocycles. The maximum atomic E-state index is 13.5. The minimum Gasteiger partial charge on any atom is -0.488 e. The largest absolute Gasteiger partial charge is 0.488 e. The lowest BCUT2D eigenvalue weighted by Gasteiger charge is -2.25. The Morgan fingerprint density at radius 1 is 1.02 bits per heavy atom. The van der Waals surface area contributed by atoms with E-state index in [0.29, 0.717) is 24.9 Å². The van der Waals surface area contributed by atoms with Crippen LogP contribution in [0.1, 0.15) is 58.4 Å². The van der Waals surface area contributed by atoms with E-state index in [9.17, 15) is 37.5 Å². The standard InChI is InChI=1S/C27H34N6O9S/c1-43(40,41)33-17-7-9-22-18(13-17)25(37)30-20(8-10-23(34)35)27(39)31-19(4-2-3-11-28)26(38)32-21-12-15(24(29)36)5-6-16(21)14-42-22/h5-7,9,12-13,19-20,33H,2-4,8,10-11,14,28H2,1H3,(H2,29,36)(H,30,37)(H,31,39)(H,32,38)(H,34,35)/t19-,20-/m0/s1. The van der Waals surface area contributed by atoms with Crippen LogP contribution in [0.3, 0.4) is 0 Å². The highest BCUT2D eigenvalue weighted by Gasteiger charge is 2.29. The summed E-state index contributed by atoms with van der Waals surface area (Å²) in [4.78, 5) is 63.4. The van der Waals surface area contributed by atoms with Gasteiger partial charge < -0.3 is 37.3 Å². The van der Waals surface area contributed by atoms with Gasteiger partial charge in [-0.2, -0.15) is 0 Å². The molecule has 9 N–H and O–H groups in total. The molecule has 232 valence electrons. The fourth-order valence-corrected chi connectivity index (χ4v) is 4.82. The number of ether oxygens (including phenoxy) is 1. The number of sulfonamides is 1. The van der Waals surface area contributed by atoms with E-state index >= 15 is 0 Å². The van der Waals surface area contributed by atoms with E-state index in [0.717, 1.165) is 6.26 Å². The van der Waals surface area contributed by atoms with Gasteiger partial charge in [0.1, 0.15) is 24.4 Å². The predicted octanol–water partition coefficient (Wildman–Crippen LogP) is 0.265. The van der Waals surface area contributed by atoms with Crippen LogP contribution in [0.25, 0.3) is 0 Å². The Morgan fingerprint density at radius 2 is 1.74 bits per heavy atom. The van der Waals surface area contributed by atoms with Crippen molar-refractivity contribution in [3.05, 3.63) is 53.1 Å². The van der Waals surface area contributed by atoms with Crippen molar-refractivity contribution in [1.82, 2.24) is 10.6 Å². The lowest BCUT2D eigenvalue weighted by atomic mass is 10.0. The molecule has 0 fully saturated rings. The highest BCUT2D eigenvalue weighted by molar-refractivity contribution is 7.92. The van der Waals surface area contributed by atoms with E-state index in [1.165, 1.54) is 36.4 Å². The molecule has 0 saturated carbocycles. The number of nitrogens with two attached hydrogens (primary N) is 2. The van der Waals surface area contributed by atoms with Crippen molar-refractivity contribution < 1.29 is 42.2 Å². The summed E-state index contributed by atoms with van der Waals surface area (Å²) in [6.07, 6.45) is 1.31. The van der Waals surface area contributed by atoms with Crippen molar-refractivity contribution >= 4 is 51.0 Å². The number of anilines is 2. The zero-order valence-corrected chi connectivity index (χ0v) is 24.2. The second-order valence-electron chi connectivity index (χ2n) is 9.90. The number of unbranched alkanes of at least 4 members (excludes halogenated alkanes) is 1. The number of carboxylic acids is 1. The summed E-state index contributed by atoms with van der Waals surface area (Å²) in [5.74, 6) is -4.29. The molecule has 43 heavy (non-hydrogen) atoms. The number of benzene rings is 2. The molecule has 3 rings (SSSR count). The van der Waals surface area contributed by atoms with Gasteiger partial charge in [0.2, 0.25) is 27.7 Å². The molecule has 0 radical (unpaired) electrons. The molecule has 2 aromatic carbocycles. The maximum absolute atomic E-state index is 13.5. The average molecular weight is 619 g/mol. The highest BCUT2D eigenvalue weighted by atomic mass is 32.2. The van der Waals surface area contributed by atoms with E-state index in [4.69, 9.17) is 16.2 Å². The molecule has 16 heteroatoms. The number of aliphatic carboxylic acids is 1. The number of hydrogen-bond acceptors (Lipinski definition) is 9. The molecule has 4 amide bonds. The van der Waals surface area contributed by atoms with E-state index in [-0.39, 0.29) is 47.7 Å². The molecular weight excluding hydrogens is 584 g/mol. The van der Waals surface area contributed by atoms with Crippen molar-refractivity contribution in [2.24, 2.45) is 11.5 Å². The lowest BCUT2D eigenvalue weighted by Crippen LogP contribution is -2.53. The van der Waals surface area contributed by atoms with Crippen molar-refractivity contribution in [3.63, 3.8) is 0 Å². The van der Waals surface area contributed by atoms with E-state index in [2.05, 4.69) is 20.7 Å². The monoisotopic (exact) mass is 618 g/mol. The minimum atomic E-state index is -3.72. The van der Waals surface area contributed by atoms with Gasteiger partial charge in [-0.3, -0.25) is 28.7 Å². The van der Waals surface area contributed by atoms with Gasteiger partial charge >= 0.3 is 5.97 Å². The van der Waals surface area contributed by atoms with Gasteiger partial charge in [0.15, 0.2) is 0 Å².